The van der Waals surface area contributed by atoms with E-state index in [9.17, 15) is 9.18 Å². The first-order valence-electron chi connectivity index (χ1n) is 5.63. The molecule has 1 aliphatic rings. The molecule has 1 aromatic rings. The molecule has 16 heavy (non-hydrogen) atoms. The van der Waals surface area contributed by atoms with Gasteiger partial charge in [-0.15, -0.1) is 0 Å². The largest absolute Gasteiger partial charge is 0.299 e. The van der Waals surface area contributed by atoms with Crippen molar-refractivity contribution in [3.8, 4) is 0 Å². The Morgan fingerprint density at radius 1 is 1.31 bits per heavy atom. The lowest BCUT2D eigenvalue weighted by Gasteiger charge is -2.08. The molecule has 0 N–H and O–H groups in total. The van der Waals surface area contributed by atoms with Crippen LogP contribution in [0.4, 0.5) is 4.39 Å². The first kappa shape index (κ1) is 11.8. The van der Waals surface area contributed by atoms with Crippen molar-refractivity contribution in [2.75, 3.05) is 0 Å². The van der Waals surface area contributed by atoms with E-state index >= 15 is 0 Å². The highest BCUT2D eigenvalue weighted by Crippen LogP contribution is 2.27. The lowest BCUT2D eigenvalue weighted by atomic mass is 9.97. The zero-order chi connectivity index (χ0) is 11.5. The van der Waals surface area contributed by atoms with Crippen LogP contribution in [0.15, 0.2) is 22.7 Å². The number of hydrogen-bond acceptors (Lipinski definition) is 1. The summed E-state index contributed by atoms with van der Waals surface area (Å²) in [4.78, 5) is 11.9. The second-order valence-corrected chi connectivity index (χ2v) is 5.32. The Labute approximate surface area is 103 Å². The van der Waals surface area contributed by atoms with Crippen molar-refractivity contribution in [2.24, 2.45) is 5.92 Å². The van der Waals surface area contributed by atoms with Gasteiger partial charge in [0, 0.05) is 16.8 Å². The molecule has 0 radical (unpaired) electrons. The number of carbonyl (C=O) groups excluding carboxylic acids is 1. The van der Waals surface area contributed by atoms with Crippen LogP contribution in [0.25, 0.3) is 0 Å². The minimum atomic E-state index is -0.288. The second kappa shape index (κ2) is 5.09. The Morgan fingerprint density at radius 3 is 2.62 bits per heavy atom. The highest BCUT2D eigenvalue weighted by molar-refractivity contribution is 9.10. The van der Waals surface area contributed by atoms with Crippen LogP contribution >= 0.6 is 15.9 Å². The summed E-state index contributed by atoms with van der Waals surface area (Å²) in [5.74, 6) is 0.181. The molecule has 2 rings (SSSR count). The molecular formula is C13H14BrFO. The third-order valence-electron chi connectivity index (χ3n) is 3.11. The van der Waals surface area contributed by atoms with Crippen molar-refractivity contribution >= 4 is 21.7 Å². The molecule has 0 aromatic heterocycles. The van der Waals surface area contributed by atoms with Crippen LogP contribution in [-0.2, 0) is 11.2 Å². The predicted molar refractivity (Wildman–Crippen MR) is 64.8 cm³/mol. The fourth-order valence-corrected chi connectivity index (χ4v) is 2.82. The van der Waals surface area contributed by atoms with E-state index in [1.807, 2.05) is 6.07 Å². The molecule has 0 saturated heterocycles. The number of carbonyl (C=O) groups is 1. The lowest BCUT2D eigenvalue weighted by molar-refractivity contribution is -0.122. The van der Waals surface area contributed by atoms with E-state index < -0.39 is 0 Å². The van der Waals surface area contributed by atoms with Gasteiger partial charge in [-0.25, -0.2) is 4.39 Å². The number of Topliss-reactive ketones (excluding diaryl/α,β-unsaturated/α-hetero) is 1. The summed E-state index contributed by atoms with van der Waals surface area (Å²) >= 11 is 3.24. The van der Waals surface area contributed by atoms with E-state index in [-0.39, 0.29) is 17.5 Å². The van der Waals surface area contributed by atoms with Gasteiger partial charge in [0.2, 0.25) is 0 Å². The summed E-state index contributed by atoms with van der Waals surface area (Å²) in [5, 5.41) is 0. The van der Waals surface area contributed by atoms with E-state index in [1.54, 1.807) is 0 Å². The Hall–Kier alpha value is -0.700. The van der Waals surface area contributed by atoms with Gasteiger partial charge >= 0.3 is 0 Å². The molecule has 1 aromatic carbocycles. The van der Waals surface area contributed by atoms with Crippen LogP contribution in [-0.4, -0.2) is 5.78 Å². The van der Waals surface area contributed by atoms with Gasteiger partial charge in [-0.3, -0.25) is 4.79 Å². The van der Waals surface area contributed by atoms with Crippen molar-refractivity contribution in [2.45, 2.75) is 32.1 Å². The van der Waals surface area contributed by atoms with Crippen molar-refractivity contribution < 1.29 is 9.18 Å². The first-order chi connectivity index (χ1) is 7.65. The Balaban J connectivity index is 2.05. The SMILES string of the molecule is O=C(Cc1cc(F)cc(Br)c1)C1CCCC1. The number of benzene rings is 1. The van der Waals surface area contributed by atoms with Crippen molar-refractivity contribution in [1.29, 1.82) is 0 Å². The predicted octanol–water partition coefficient (Wildman–Crippen LogP) is 3.89. The minimum Gasteiger partial charge on any atom is -0.299 e. The average molecular weight is 285 g/mol. The molecule has 0 spiro atoms. The maximum Gasteiger partial charge on any atom is 0.140 e. The highest BCUT2D eigenvalue weighted by atomic mass is 79.9. The zero-order valence-electron chi connectivity index (χ0n) is 9.01. The van der Waals surface area contributed by atoms with Gasteiger partial charge in [-0.2, -0.15) is 0 Å². The summed E-state index contributed by atoms with van der Waals surface area (Å²) in [6, 6.07) is 4.66. The van der Waals surface area contributed by atoms with Crippen LogP contribution in [0.3, 0.4) is 0 Å². The summed E-state index contributed by atoms with van der Waals surface area (Å²) in [7, 11) is 0. The molecular weight excluding hydrogens is 271 g/mol. The lowest BCUT2D eigenvalue weighted by Crippen LogP contribution is -2.13. The molecule has 86 valence electrons. The smallest absolute Gasteiger partial charge is 0.140 e. The van der Waals surface area contributed by atoms with E-state index in [0.717, 1.165) is 31.2 Å². The molecule has 0 aliphatic heterocycles. The second-order valence-electron chi connectivity index (χ2n) is 4.40. The quantitative estimate of drug-likeness (QED) is 0.823. The monoisotopic (exact) mass is 284 g/mol. The Morgan fingerprint density at radius 2 is 2.00 bits per heavy atom. The third kappa shape index (κ3) is 2.91. The topological polar surface area (TPSA) is 17.1 Å². The van der Waals surface area contributed by atoms with E-state index in [0.29, 0.717) is 10.9 Å². The number of hydrogen-bond donors (Lipinski definition) is 0. The average Bonchev–Trinajstić information content (AvgIpc) is 2.68. The van der Waals surface area contributed by atoms with E-state index in [2.05, 4.69) is 15.9 Å². The van der Waals surface area contributed by atoms with Crippen LogP contribution in [0.1, 0.15) is 31.2 Å². The van der Waals surface area contributed by atoms with Crippen LogP contribution in [0, 0.1) is 11.7 Å². The number of halogens is 2. The van der Waals surface area contributed by atoms with Crippen molar-refractivity contribution in [3.63, 3.8) is 0 Å². The molecule has 0 bridgehead atoms. The van der Waals surface area contributed by atoms with Gasteiger partial charge in [0.1, 0.15) is 11.6 Å². The van der Waals surface area contributed by atoms with Crippen LogP contribution in [0.5, 0.6) is 0 Å². The van der Waals surface area contributed by atoms with Gasteiger partial charge in [-0.05, 0) is 36.6 Å². The molecule has 1 fully saturated rings. The molecule has 3 heteroatoms. The van der Waals surface area contributed by atoms with Gasteiger partial charge in [-0.1, -0.05) is 28.8 Å². The standard InChI is InChI=1S/C13H14BrFO/c14-11-5-9(6-12(15)8-11)7-13(16)10-3-1-2-4-10/h5-6,8,10H,1-4,7H2. The fourth-order valence-electron chi connectivity index (χ4n) is 2.31. The molecule has 0 unspecified atom stereocenters. The summed E-state index contributed by atoms with van der Waals surface area (Å²) in [6.45, 7) is 0. The molecule has 0 amide bonds. The molecule has 1 aliphatic carbocycles. The van der Waals surface area contributed by atoms with Gasteiger partial charge in [0.05, 0.1) is 0 Å². The molecule has 0 atom stereocenters. The Bertz CT molecular complexity index is 377. The third-order valence-corrected chi connectivity index (χ3v) is 3.57. The van der Waals surface area contributed by atoms with Crippen LogP contribution in [0.2, 0.25) is 0 Å². The molecule has 1 saturated carbocycles. The molecule has 1 nitrogen and oxygen atoms in total. The molecule has 0 heterocycles. The summed E-state index contributed by atoms with van der Waals surface area (Å²) < 4.78 is 13.8. The highest BCUT2D eigenvalue weighted by Gasteiger charge is 2.22. The fraction of sp³-hybridized carbons (Fsp3) is 0.462. The van der Waals surface area contributed by atoms with E-state index in [1.165, 1.54) is 12.1 Å². The Kier molecular flexibility index (Phi) is 3.74. The normalized spacial score (nSPS) is 16.6. The van der Waals surface area contributed by atoms with Crippen LogP contribution < -0.4 is 0 Å². The maximum atomic E-state index is 13.1. The van der Waals surface area contributed by atoms with Gasteiger partial charge in [0.15, 0.2) is 0 Å². The van der Waals surface area contributed by atoms with Crippen molar-refractivity contribution in [3.05, 3.63) is 34.1 Å². The van der Waals surface area contributed by atoms with Crippen molar-refractivity contribution in [1.82, 2.24) is 0 Å². The van der Waals surface area contributed by atoms with Gasteiger partial charge < -0.3 is 0 Å². The minimum absolute atomic E-state index is 0.210. The number of ketones is 1. The first-order valence-corrected chi connectivity index (χ1v) is 6.42. The number of rotatable bonds is 3. The summed E-state index contributed by atoms with van der Waals surface area (Å²) in [6.07, 6.45) is 4.69. The maximum absolute atomic E-state index is 13.1. The van der Waals surface area contributed by atoms with E-state index in [4.69, 9.17) is 0 Å². The summed E-state index contributed by atoms with van der Waals surface area (Å²) in [5.41, 5.74) is 0.767. The zero-order valence-corrected chi connectivity index (χ0v) is 10.6. The van der Waals surface area contributed by atoms with Gasteiger partial charge in [0.25, 0.3) is 0 Å².